The summed E-state index contributed by atoms with van der Waals surface area (Å²) in [5.74, 6) is 0.300. The zero-order chi connectivity index (χ0) is 10.7. The molecule has 0 unspecified atom stereocenters. The first-order valence-electron chi connectivity index (χ1n) is 4.47. The lowest BCUT2D eigenvalue weighted by Gasteiger charge is -2.10. The summed E-state index contributed by atoms with van der Waals surface area (Å²) in [7, 11) is -1.84. The fraction of sp³-hybridized carbons (Fsp3) is 0.375. The number of hydrogen-bond donors (Lipinski definition) is 2. The van der Waals surface area contributed by atoms with Crippen molar-refractivity contribution in [3.05, 3.63) is 24.0 Å². The van der Waals surface area contributed by atoms with Crippen LogP contribution in [0.4, 0.5) is 0 Å². The summed E-state index contributed by atoms with van der Waals surface area (Å²) in [6.45, 7) is 1.06. The minimum Gasteiger partial charge on any atom is -0.512 e. The van der Waals surface area contributed by atoms with Crippen LogP contribution in [0, 0.1) is 0 Å². The number of hydrogen-bond acceptors (Lipinski definition) is 6. The first-order valence-corrected chi connectivity index (χ1v) is 4.47. The van der Waals surface area contributed by atoms with E-state index >= 15 is 0 Å². The van der Waals surface area contributed by atoms with Crippen LogP contribution in [0.5, 0.6) is 5.75 Å². The van der Waals surface area contributed by atoms with Crippen LogP contribution in [-0.2, 0) is 9.47 Å². The average molecular weight is 211 g/mol. The maximum absolute atomic E-state index is 8.61. The largest absolute Gasteiger partial charge is 0.707 e. The molecule has 7 heteroatoms. The van der Waals surface area contributed by atoms with Crippen LogP contribution in [0.15, 0.2) is 18.3 Å². The van der Waals surface area contributed by atoms with Crippen molar-refractivity contribution in [1.82, 2.24) is 4.98 Å². The molecule has 6 nitrogen and oxygen atoms in total. The third-order valence-corrected chi connectivity index (χ3v) is 1.86. The quantitative estimate of drug-likeness (QED) is 0.654. The Hall–Kier alpha value is -1.15. The highest BCUT2D eigenvalue weighted by Crippen LogP contribution is 2.24. The number of nitrogens with zero attached hydrogens (tertiary/aromatic N) is 1. The highest BCUT2D eigenvalue weighted by atomic mass is 16.7. The van der Waals surface area contributed by atoms with Gasteiger partial charge in [-0.05, 0) is 6.07 Å². The number of pyridine rings is 1. The van der Waals surface area contributed by atoms with Gasteiger partial charge in [-0.2, -0.15) is 0 Å². The number of rotatable bonds is 3. The van der Waals surface area contributed by atoms with Crippen molar-refractivity contribution in [3.8, 4) is 5.75 Å². The third-order valence-electron chi connectivity index (χ3n) is 1.86. The van der Waals surface area contributed by atoms with E-state index in [0.29, 0.717) is 24.7 Å². The summed E-state index contributed by atoms with van der Waals surface area (Å²) in [6, 6.07) is 3.05. The number of ether oxygens (including phenoxy) is 2. The van der Waals surface area contributed by atoms with Crippen molar-refractivity contribution in [1.29, 1.82) is 0 Å². The van der Waals surface area contributed by atoms with Gasteiger partial charge in [0.05, 0.1) is 18.9 Å². The first-order chi connectivity index (χ1) is 7.25. The average Bonchev–Trinajstić information content (AvgIpc) is 2.69. The zero-order valence-corrected chi connectivity index (χ0v) is 7.87. The third kappa shape index (κ3) is 2.66. The molecule has 80 valence electrons. The van der Waals surface area contributed by atoms with Gasteiger partial charge < -0.3 is 24.2 Å². The van der Waals surface area contributed by atoms with E-state index < -0.39 is 13.6 Å². The van der Waals surface area contributed by atoms with Crippen molar-refractivity contribution in [3.63, 3.8) is 0 Å². The predicted molar refractivity (Wildman–Crippen MR) is 49.7 cm³/mol. The van der Waals surface area contributed by atoms with Crippen molar-refractivity contribution < 1.29 is 24.2 Å². The van der Waals surface area contributed by atoms with Gasteiger partial charge in [0.15, 0.2) is 0 Å². The van der Waals surface area contributed by atoms with Gasteiger partial charge in [-0.1, -0.05) is 0 Å². The van der Waals surface area contributed by atoms with Gasteiger partial charge in [-0.25, -0.2) is 0 Å². The highest BCUT2D eigenvalue weighted by molar-refractivity contribution is 6.33. The standard InChI is InChI=1S/C8H10BNO5/c11-9(12)15-6-1-2-10-7(5-6)8-13-3-4-14-8/h1-2,5,8,11-12H,3-4H2. The van der Waals surface area contributed by atoms with E-state index in [2.05, 4.69) is 9.64 Å². The Bertz CT molecular complexity index is 329. The smallest absolute Gasteiger partial charge is 0.512 e. The van der Waals surface area contributed by atoms with E-state index in [0.717, 1.165) is 0 Å². The second kappa shape index (κ2) is 4.58. The van der Waals surface area contributed by atoms with Gasteiger partial charge in [-0.3, -0.25) is 4.98 Å². The molecular weight excluding hydrogens is 201 g/mol. The lowest BCUT2D eigenvalue weighted by molar-refractivity contribution is -0.0473. The molecule has 1 aliphatic heterocycles. The summed E-state index contributed by atoms with van der Waals surface area (Å²) < 4.78 is 15.1. The van der Waals surface area contributed by atoms with E-state index in [-0.39, 0.29) is 0 Å². The normalized spacial score (nSPS) is 16.7. The van der Waals surface area contributed by atoms with Gasteiger partial charge >= 0.3 is 7.32 Å². The van der Waals surface area contributed by atoms with Crippen LogP contribution in [0.1, 0.15) is 12.0 Å². The lowest BCUT2D eigenvalue weighted by atomic mass is 10.2. The van der Waals surface area contributed by atoms with Gasteiger partial charge in [0, 0.05) is 12.3 Å². The molecule has 1 aliphatic rings. The molecule has 0 radical (unpaired) electrons. The van der Waals surface area contributed by atoms with Crippen LogP contribution in [0.2, 0.25) is 0 Å². The molecule has 0 saturated carbocycles. The Labute approximate surface area is 86.6 Å². The highest BCUT2D eigenvalue weighted by Gasteiger charge is 2.20. The maximum atomic E-state index is 8.61. The molecule has 0 aliphatic carbocycles. The van der Waals surface area contributed by atoms with Gasteiger partial charge in [-0.15, -0.1) is 0 Å². The van der Waals surface area contributed by atoms with E-state index in [4.69, 9.17) is 19.5 Å². The molecule has 0 aromatic carbocycles. The fourth-order valence-electron chi connectivity index (χ4n) is 1.28. The van der Waals surface area contributed by atoms with Crippen molar-refractivity contribution in [2.75, 3.05) is 13.2 Å². The van der Waals surface area contributed by atoms with Gasteiger partial charge in [0.2, 0.25) is 6.29 Å². The molecule has 0 bridgehead atoms. The summed E-state index contributed by atoms with van der Waals surface area (Å²) in [5.41, 5.74) is 0.547. The molecule has 0 atom stereocenters. The zero-order valence-electron chi connectivity index (χ0n) is 7.87. The van der Waals surface area contributed by atoms with E-state index in [1.165, 1.54) is 18.3 Å². The minimum atomic E-state index is -1.84. The minimum absolute atomic E-state index is 0.300. The van der Waals surface area contributed by atoms with Crippen LogP contribution < -0.4 is 4.65 Å². The van der Waals surface area contributed by atoms with Gasteiger partial charge in [0.1, 0.15) is 5.75 Å². The molecule has 1 aromatic rings. The molecule has 2 rings (SSSR count). The molecule has 2 heterocycles. The molecular formula is C8H10BNO5. The van der Waals surface area contributed by atoms with E-state index in [1.54, 1.807) is 0 Å². The Morgan fingerprint density at radius 2 is 2.13 bits per heavy atom. The van der Waals surface area contributed by atoms with Crippen molar-refractivity contribution in [2.45, 2.75) is 6.29 Å². The van der Waals surface area contributed by atoms with E-state index in [1.807, 2.05) is 0 Å². The van der Waals surface area contributed by atoms with Crippen LogP contribution in [0.25, 0.3) is 0 Å². The Morgan fingerprint density at radius 3 is 2.80 bits per heavy atom. The molecule has 2 N–H and O–H groups in total. The first kappa shape index (κ1) is 10.4. The van der Waals surface area contributed by atoms with Gasteiger partial charge in [0.25, 0.3) is 0 Å². The molecule has 15 heavy (non-hydrogen) atoms. The summed E-state index contributed by atoms with van der Waals surface area (Å²) in [4.78, 5) is 4.04. The lowest BCUT2D eigenvalue weighted by Crippen LogP contribution is -2.20. The molecule has 1 fully saturated rings. The molecule has 0 spiro atoms. The summed E-state index contributed by atoms with van der Waals surface area (Å²) in [5, 5.41) is 17.2. The maximum Gasteiger partial charge on any atom is 0.707 e. The predicted octanol–water partition coefficient (Wildman–Crippen LogP) is -0.525. The van der Waals surface area contributed by atoms with Crippen LogP contribution in [-0.4, -0.2) is 35.6 Å². The molecule has 0 amide bonds. The summed E-state index contributed by atoms with van der Waals surface area (Å²) >= 11 is 0. The molecule has 1 aromatic heterocycles. The second-order valence-electron chi connectivity index (χ2n) is 2.93. The van der Waals surface area contributed by atoms with Crippen molar-refractivity contribution >= 4 is 7.32 Å². The second-order valence-corrected chi connectivity index (χ2v) is 2.93. The Kier molecular flexibility index (Phi) is 3.17. The SMILES string of the molecule is OB(O)Oc1ccnc(C2OCCO2)c1. The summed E-state index contributed by atoms with van der Waals surface area (Å²) in [6.07, 6.45) is 0.988. The topological polar surface area (TPSA) is 81.0 Å². The van der Waals surface area contributed by atoms with Crippen molar-refractivity contribution in [2.24, 2.45) is 0 Å². The van der Waals surface area contributed by atoms with E-state index in [9.17, 15) is 0 Å². The monoisotopic (exact) mass is 211 g/mol. The van der Waals surface area contributed by atoms with Crippen LogP contribution in [0.3, 0.4) is 0 Å². The fourth-order valence-corrected chi connectivity index (χ4v) is 1.28. The number of aromatic nitrogens is 1. The Balaban J connectivity index is 2.11. The Morgan fingerprint density at radius 1 is 1.40 bits per heavy atom. The van der Waals surface area contributed by atoms with Crippen LogP contribution >= 0.6 is 0 Å². The molecule has 1 saturated heterocycles.